The van der Waals surface area contributed by atoms with Crippen molar-refractivity contribution < 1.29 is 9.59 Å². The van der Waals surface area contributed by atoms with Gasteiger partial charge in [0.05, 0.1) is 15.8 Å². The molecule has 28 heavy (non-hydrogen) atoms. The zero-order valence-corrected chi connectivity index (χ0v) is 18.4. The molecule has 0 saturated carbocycles. The summed E-state index contributed by atoms with van der Waals surface area (Å²) in [6, 6.07) is 11.3. The van der Waals surface area contributed by atoms with Crippen LogP contribution in [0.1, 0.15) is 37.1 Å². The molecule has 142 valence electrons. The van der Waals surface area contributed by atoms with Crippen molar-refractivity contribution in [1.29, 1.82) is 0 Å². The number of aryl methyl sites for hydroxylation is 1. The fraction of sp³-hybridized carbons (Fsp3) is 0.158. The van der Waals surface area contributed by atoms with Gasteiger partial charge in [-0.25, -0.2) is 9.97 Å². The molecule has 1 aliphatic heterocycles. The first-order valence-corrected chi connectivity index (χ1v) is 10.7. The molecule has 2 amide bonds. The van der Waals surface area contributed by atoms with Gasteiger partial charge in [0.2, 0.25) is 0 Å². The van der Waals surface area contributed by atoms with Gasteiger partial charge >= 0.3 is 0 Å². The minimum atomic E-state index is -0.305. The number of hydrogen-bond donors (Lipinski definition) is 1. The van der Waals surface area contributed by atoms with E-state index in [4.69, 9.17) is 11.6 Å². The molecule has 2 aromatic heterocycles. The van der Waals surface area contributed by atoms with Crippen LogP contribution < -0.4 is 5.32 Å². The van der Waals surface area contributed by atoms with Crippen LogP contribution in [0.15, 0.2) is 36.4 Å². The number of amides is 2. The molecule has 0 fully saturated rings. The summed E-state index contributed by atoms with van der Waals surface area (Å²) in [5.41, 5.74) is 2.02. The van der Waals surface area contributed by atoms with Gasteiger partial charge in [0.1, 0.15) is 17.3 Å². The number of carbonyl (C=O) groups excluding carboxylic acids is 2. The van der Waals surface area contributed by atoms with Crippen molar-refractivity contribution in [2.45, 2.75) is 20.0 Å². The number of aromatic nitrogens is 2. The van der Waals surface area contributed by atoms with E-state index < -0.39 is 0 Å². The summed E-state index contributed by atoms with van der Waals surface area (Å²) in [7, 11) is 0. The molecule has 3 aromatic rings. The lowest BCUT2D eigenvalue weighted by atomic mass is 10.2. The summed E-state index contributed by atoms with van der Waals surface area (Å²) >= 11 is 9.35. The first-order chi connectivity index (χ1) is 13.4. The number of fused-ring (bicyclic) bond motifs is 1. The summed E-state index contributed by atoms with van der Waals surface area (Å²) in [5, 5.41) is 2.81. The fourth-order valence-corrected chi connectivity index (χ4v) is 4.57. The van der Waals surface area contributed by atoms with E-state index in [0.29, 0.717) is 45.2 Å². The van der Waals surface area contributed by atoms with E-state index in [1.165, 1.54) is 11.3 Å². The Kier molecular flexibility index (Phi) is 5.35. The van der Waals surface area contributed by atoms with Crippen molar-refractivity contribution in [2.24, 2.45) is 0 Å². The average molecular weight is 525 g/mol. The van der Waals surface area contributed by atoms with Crippen LogP contribution in [0.5, 0.6) is 0 Å². The fourth-order valence-electron chi connectivity index (χ4n) is 3.03. The minimum Gasteiger partial charge on any atom is -0.328 e. The second-order valence-electron chi connectivity index (χ2n) is 6.30. The van der Waals surface area contributed by atoms with E-state index in [0.717, 1.165) is 9.13 Å². The van der Waals surface area contributed by atoms with Gasteiger partial charge < -0.3 is 10.2 Å². The summed E-state index contributed by atoms with van der Waals surface area (Å²) in [5.74, 6) is 0.341. The summed E-state index contributed by atoms with van der Waals surface area (Å²) in [6.07, 6.45) is 0. The maximum absolute atomic E-state index is 12.9. The first kappa shape index (κ1) is 19.3. The third-order valence-electron chi connectivity index (χ3n) is 4.25. The second kappa shape index (κ2) is 7.76. The van der Waals surface area contributed by atoms with Crippen molar-refractivity contribution in [3.05, 3.63) is 71.8 Å². The molecule has 0 saturated heterocycles. The summed E-state index contributed by atoms with van der Waals surface area (Å²) < 4.78 is 1.64. The quantitative estimate of drug-likeness (QED) is 0.510. The van der Waals surface area contributed by atoms with E-state index in [-0.39, 0.29) is 11.8 Å². The number of halogens is 2. The van der Waals surface area contributed by atoms with Crippen LogP contribution in [0, 0.1) is 10.5 Å². The molecule has 0 unspecified atom stereocenters. The van der Waals surface area contributed by atoms with Gasteiger partial charge in [0, 0.05) is 15.7 Å². The van der Waals surface area contributed by atoms with E-state index in [9.17, 15) is 9.59 Å². The average Bonchev–Trinajstić information content (AvgIpc) is 3.20. The molecule has 0 atom stereocenters. The number of thiophene rings is 1. The SMILES string of the molecule is Cc1nc(NC(=O)c2ccc(Cl)s2)c2c(n1)C(=O)N(Cc1cccc(I)c1)C2. The Morgan fingerprint density at radius 3 is 2.86 bits per heavy atom. The lowest BCUT2D eigenvalue weighted by molar-refractivity contribution is 0.0762. The maximum atomic E-state index is 12.9. The Hall–Kier alpha value is -2.04. The van der Waals surface area contributed by atoms with Gasteiger partial charge in [-0.3, -0.25) is 9.59 Å². The Morgan fingerprint density at radius 1 is 1.32 bits per heavy atom. The predicted octanol–water partition coefficient (Wildman–Crippen LogP) is 4.51. The topological polar surface area (TPSA) is 75.2 Å². The number of nitrogens with zero attached hydrogens (tertiary/aromatic N) is 3. The molecule has 1 aromatic carbocycles. The largest absolute Gasteiger partial charge is 0.328 e. The molecule has 3 heterocycles. The molecule has 1 aliphatic rings. The normalized spacial score (nSPS) is 13.0. The van der Waals surface area contributed by atoms with Crippen molar-refractivity contribution >= 4 is 63.2 Å². The molecular formula is C19H14ClIN4O2S. The predicted molar refractivity (Wildman–Crippen MR) is 117 cm³/mol. The van der Waals surface area contributed by atoms with Crippen molar-refractivity contribution in [3.8, 4) is 0 Å². The molecule has 1 N–H and O–H groups in total. The van der Waals surface area contributed by atoms with Gasteiger partial charge in [-0.2, -0.15) is 0 Å². The molecule has 4 rings (SSSR count). The smallest absolute Gasteiger partial charge is 0.273 e. The van der Waals surface area contributed by atoms with Crippen molar-refractivity contribution in [2.75, 3.05) is 5.32 Å². The summed E-state index contributed by atoms with van der Waals surface area (Å²) in [4.78, 5) is 36.2. The highest BCUT2D eigenvalue weighted by molar-refractivity contribution is 14.1. The summed E-state index contributed by atoms with van der Waals surface area (Å²) in [6.45, 7) is 2.52. The molecular weight excluding hydrogens is 511 g/mol. The highest BCUT2D eigenvalue weighted by Crippen LogP contribution is 2.29. The zero-order chi connectivity index (χ0) is 19.8. The minimum absolute atomic E-state index is 0.158. The van der Waals surface area contributed by atoms with Crippen LogP contribution in [0.4, 0.5) is 5.82 Å². The zero-order valence-electron chi connectivity index (χ0n) is 14.7. The van der Waals surface area contributed by atoms with Gasteiger partial charge in [-0.15, -0.1) is 11.3 Å². The van der Waals surface area contributed by atoms with Crippen LogP contribution in [0.25, 0.3) is 0 Å². The maximum Gasteiger partial charge on any atom is 0.273 e. The molecule has 0 aliphatic carbocycles. The second-order valence-corrected chi connectivity index (χ2v) is 9.26. The number of hydrogen-bond acceptors (Lipinski definition) is 5. The Labute approximate surface area is 184 Å². The highest BCUT2D eigenvalue weighted by atomic mass is 127. The van der Waals surface area contributed by atoms with Crippen LogP contribution in [-0.2, 0) is 13.1 Å². The lowest BCUT2D eigenvalue weighted by Gasteiger charge is -2.15. The van der Waals surface area contributed by atoms with Crippen LogP contribution in [0.3, 0.4) is 0 Å². The van der Waals surface area contributed by atoms with E-state index in [1.807, 2.05) is 24.3 Å². The van der Waals surface area contributed by atoms with Crippen LogP contribution in [-0.4, -0.2) is 26.7 Å². The monoisotopic (exact) mass is 524 g/mol. The Morgan fingerprint density at radius 2 is 2.14 bits per heavy atom. The Bertz CT molecular complexity index is 1100. The highest BCUT2D eigenvalue weighted by Gasteiger charge is 2.33. The van der Waals surface area contributed by atoms with Crippen LogP contribution in [0.2, 0.25) is 4.34 Å². The van der Waals surface area contributed by atoms with E-state index >= 15 is 0 Å². The van der Waals surface area contributed by atoms with Gasteiger partial charge in [0.15, 0.2) is 0 Å². The molecule has 0 spiro atoms. The number of carbonyl (C=O) groups is 2. The van der Waals surface area contributed by atoms with Crippen molar-refractivity contribution in [1.82, 2.24) is 14.9 Å². The van der Waals surface area contributed by atoms with E-state index in [2.05, 4.69) is 37.9 Å². The molecule has 6 nitrogen and oxygen atoms in total. The number of benzene rings is 1. The van der Waals surface area contributed by atoms with Gasteiger partial charge in [-0.05, 0) is 59.3 Å². The lowest BCUT2D eigenvalue weighted by Crippen LogP contribution is -2.23. The number of anilines is 1. The van der Waals surface area contributed by atoms with Crippen LogP contribution >= 0.6 is 45.5 Å². The third kappa shape index (κ3) is 3.89. The standard InChI is InChI=1S/C19H14ClIN4O2S/c1-10-22-16-13(17(23-10)24-18(26)14-5-6-15(20)28-14)9-25(19(16)27)8-11-3-2-4-12(21)7-11/h2-7H,8-9H2,1H3,(H,22,23,24,26). The van der Waals surface area contributed by atoms with Gasteiger partial charge in [0.25, 0.3) is 11.8 Å². The van der Waals surface area contributed by atoms with Gasteiger partial charge in [-0.1, -0.05) is 23.7 Å². The third-order valence-corrected chi connectivity index (χ3v) is 6.15. The number of rotatable bonds is 4. The Balaban J connectivity index is 1.60. The molecule has 0 bridgehead atoms. The van der Waals surface area contributed by atoms with Crippen molar-refractivity contribution in [3.63, 3.8) is 0 Å². The molecule has 9 heteroatoms. The number of nitrogens with one attached hydrogen (secondary N) is 1. The molecule has 0 radical (unpaired) electrons. The van der Waals surface area contributed by atoms with E-state index in [1.54, 1.807) is 24.0 Å². The first-order valence-electron chi connectivity index (χ1n) is 8.38.